The Morgan fingerprint density at radius 1 is 1.38 bits per heavy atom. The molecule has 1 amide bonds. The van der Waals surface area contributed by atoms with Crippen LogP contribution in [-0.4, -0.2) is 35.3 Å². The SMILES string of the molecule is CCCOc1cccc(C(=O)N(C)C2CCCCC2Br)c1. The molecule has 1 aliphatic rings. The molecule has 0 saturated heterocycles. The average Bonchev–Trinajstić information content (AvgIpc) is 2.52. The van der Waals surface area contributed by atoms with Crippen LogP contribution in [0.15, 0.2) is 24.3 Å². The first kappa shape index (κ1) is 16.3. The van der Waals surface area contributed by atoms with Crippen molar-refractivity contribution in [1.82, 2.24) is 4.90 Å². The molecule has 1 aromatic carbocycles. The molecule has 21 heavy (non-hydrogen) atoms. The molecule has 0 N–H and O–H groups in total. The van der Waals surface area contributed by atoms with Crippen LogP contribution in [0, 0.1) is 0 Å². The predicted octanol–water partition coefficient (Wildman–Crippen LogP) is 4.25. The van der Waals surface area contributed by atoms with Gasteiger partial charge in [0, 0.05) is 23.5 Å². The maximum Gasteiger partial charge on any atom is 0.254 e. The van der Waals surface area contributed by atoms with Crippen LogP contribution in [-0.2, 0) is 0 Å². The van der Waals surface area contributed by atoms with Crippen LogP contribution in [0.25, 0.3) is 0 Å². The second-order valence-electron chi connectivity index (χ2n) is 5.66. The van der Waals surface area contributed by atoms with Crippen molar-refractivity contribution >= 4 is 21.8 Å². The Morgan fingerprint density at radius 2 is 2.14 bits per heavy atom. The van der Waals surface area contributed by atoms with Gasteiger partial charge in [0.2, 0.25) is 0 Å². The molecule has 0 heterocycles. The monoisotopic (exact) mass is 353 g/mol. The summed E-state index contributed by atoms with van der Waals surface area (Å²) >= 11 is 3.73. The minimum absolute atomic E-state index is 0.0771. The van der Waals surface area contributed by atoms with Gasteiger partial charge in [-0.15, -0.1) is 0 Å². The van der Waals surface area contributed by atoms with E-state index in [1.807, 2.05) is 36.2 Å². The fraction of sp³-hybridized carbons (Fsp3) is 0.588. The molecule has 1 saturated carbocycles. The van der Waals surface area contributed by atoms with E-state index in [2.05, 4.69) is 22.9 Å². The van der Waals surface area contributed by atoms with Gasteiger partial charge >= 0.3 is 0 Å². The van der Waals surface area contributed by atoms with Gasteiger partial charge in [0.1, 0.15) is 5.75 Å². The highest BCUT2D eigenvalue weighted by Gasteiger charge is 2.29. The fourth-order valence-corrected chi connectivity index (χ4v) is 3.74. The zero-order valence-electron chi connectivity index (χ0n) is 12.8. The second kappa shape index (κ2) is 7.83. The summed E-state index contributed by atoms with van der Waals surface area (Å²) in [6.07, 6.45) is 5.62. The Kier molecular flexibility index (Phi) is 6.09. The van der Waals surface area contributed by atoms with Crippen LogP contribution in [0.3, 0.4) is 0 Å². The third-order valence-corrected chi connectivity index (χ3v) is 5.09. The Morgan fingerprint density at radius 3 is 2.86 bits per heavy atom. The molecule has 0 spiro atoms. The van der Waals surface area contributed by atoms with Crippen LogP contribution in [0.1, 0.15) is 49.4 Å². The molecule has 2 rings (SSSR count). The van der Waals surface area contributed by atoms with E-state index >= 15 is 0 Å². The van der Waals surface area contributed by atoms with E-state index in [0.717, 1.165) is 25.0 Å². The van der Waals surface area contributed by atoms with Crippen molar-refractivity contribution in [3.8, 4) is 5.75 Å². The van der Waals surface area contributed by atoms with Crippen LogP contribution in [0.4, 0.5) is 0 Å². The number of carbonyl (C=O) groups excluding carboxylic acids is 1. The number of carbonyl (C=O) groups is 1. The smallest absolute Gasteiger partial charge is 0.254 e. The lowest BCUT2D eigenvalue weighted by atomic mass is 9.94. The summed E-state index contributed by atoms with van der Waals surface area (Å²) in [5.74, 6) is 0.850. The number of nitrogens with zero attached hydrogens (tertiary/aromatic N) is 1. The third kappa shape index (κ3) is 4.22. The van der Waals surface area contributed by atoms with E-state index < -0.39 is 0 Å². The summed E-state index contributed by atoms with van der Waals surface area (Å²) in [4.78, 5) is 15.0. The van der Waals surface area contributed by atoms with Crippen LogP contribution in [0.2, 0.25) is 0 Å². The molecule has 1 aliphatic carbocycles. The third-order valence-electron chi connectivity index (χ3n) is 4.02. The molecule has 1 aromatic rings. The van der Waals surface area contributed by atoms with Gasteiger partial charge in [0.15, 0.2) is 0 Å². The van der Waals surface area contributed by atoms with E-state index in [4.69, 9.17) is 4.74 Å². The molecule has 0 bridgehead atoms. The Labute approximate surface area is 135 Å². The van der Waals surface area contributed by atoms with Crippen molar-refractivity contribution in [2.24, 2.45) is 0 Å². The highest BCUT2D eigenvalue weighted by molar-refractivity contribution is 9.09. The number of rotatable bonds is 5. The molecule has 0 radical (unpaired) electrons. The number of hydrogen-bond acceptors (Lipinski definition) is 2. The summed E-state index contributed by atoms with van der Waals surface area (Å²) in [5.41, 5.74) is 0.705. The summed E-state index contributed by atoms with van der Waals surface area (Å²) in [5, 5.41) is 0. The number of hydrogen-bond donors (Lipinski definition) is 0. The summed E-state index contributed by atoms with van der Waals surface area (Å²) in [6.45, 7) is 2.75. The lowest BCUT2D eigenvalue weighted by Gasteiger charge is -2.35. The number of ether oxygens (including phenoxy) is 1. The van der Waals surface area contributed by atoms with Gasteiger partial charge in [0.05, 0.1) is 6.61 Å². The van der Waals surface area contributed by atoms with Gasteiger partial charge in [-0.1, -0.05) is 41.8 Å². The first-order chi connectivity index (χ1) is 10.1. The van der Waals surface area contributed by atoms with Crippen LogP contribution < -0.4 is 4.74 Å². The molecule has 4 heteroatoms. The summed E-state index contributed by atoms with van der Waals surface area (Å²) in [6, 6.07) is 7.79. The lowest BCUT2D eigenvalue weighted by molar-refractivity contribution is 0.0704. The van der Waals surface area contributed by atoms with Gasteiger partial charge in [-0.05, 0) is 37.5 Å². The van der Waals surface area contributed by atoms with Gasteiger partial charge in [-0.2, -0.15) is 0 Å². The number of alkyl halides is 1. The van der Waals surface area contributed by atoms with Crippen molar-refractivity contribution in [2.45, 2.75) is 49.9 Å². The van der Waals surface area contributed by atoms with E-state index in [1.54, 1.807) is 0 Å². The summed E-state index contributed by atoms with van der Waals surface area (Å²) in [7, 11) is 1.91. The quantitative estimate of drug-likeness (QED) is 0.740. The van der Waals surface area contributed by atoms with Gasteiger partial charge in [0.25, 0.3) is 5.91 Å². The minimum Gasteiger partial charge on any atom is -0.494 e. The molecular formula is C17H24BrNO2. The molecule has 116 valence electrons. The largest absolute Gasteiger partial charge is 0.494 e. The zero-order chi connectivity index (χ0) is 15.2. The number of halogens is 1. The van der Waals surface area contributed by atoms with Crippen molar-refractivity contribution < 1.29 is 9.53 Å². The molecule has 0 aromatic heterocycles. The highest BCUT2D eigenvalue weighted by atomic mass is 79.9. The summed E-state index contributed by atoms with van der Waals surface area (Å²) < 4.78 is 5.61. The molecule has 2 unspecified atom stereocenters. The molecule has 0 aliphatic heterocycles. The minimum atomic E-state index is 0.0771. The van der Waals surface area contributed by atoms with E-state index in [0.29, 0.717) is 17.0 Å². The standard InChI is InChI=1S/C17H24BrNO2/c1-3-11-21-14-8-6-7-13(12-14)17(20)19(2)16-10-5-4-9-15(16)18/h6-8,12,15-16H,3-5,9-11H2,1-2H3. The van der Waals surface area contributed by atoms with E-state index in [9.17, 15) is 4.79 Å². The van der Waals surface area contributed by atoms with Gasteiger partial charge in [-0.25, -0.2) is 0 Å². The maximum atomic E-state index is 12.7. The molecular weight excluding hydrogens is 330 g/mol. The van der Waals surface area contributed by atoms with Gasteiger partial charge in [-0.3, -0.25) is 4.79 Å². The Balaban J connectivity index is 2.07. The van der Waals surface area contributed by atoms with Crippen LogP contribution in [0.5, 0.6) is 5.75 Å². The van der Waals surface area contributed by atoms with Crippen molar-refractivity contribution in [3.05, 3.63) is 29.8 Å². The zero-order valence-corrected chi connectivity index (χ0v) is 14.4. The molecule has 2 atom stereocenters. The number of amides is 1. The number of benzene rings is 1. The second-order valence-corrected chi connectivity index (χ2v) is 6.84. The average molecular weight is 354 g/mol. The van der Waals surface area contributed by atoms with Crippen LogP contribution >= 0.6 is 15.9 Å². The molecule has 1 fully saturated rings. The highest BCUT2D eigenvalue weighted by Crippen LogP contribution is 2.29. The van der Waals surface area contributed by atoms with E-state index in [1.165, 1.54) is 12.8 Å². The predicted molar refractivity (Wildman–Crippen MR) is 89.3 cm³/mol. The Bertz CT molecular complexity index is 478. The first-order valence-corrected chi connectivity index (χ1v) is 8.69. The topological polar surface area (TPSA) is 29.5 Å². The van der Waals surface area contributed by atoms with Crippen molar-refractivity contribution in [3.63, 3.8) is 0 Å². The fourth-order valence-electron chi connectivity index (χ4n) is 2.80. The maximum absolute atomic E-state index is 12.7. The van der Waals surface area contributed by atoms with Gasteiger partial charge < -0.3 is 9.64 Å². The van der Waals surface area contributed by atoms with E-state index in [-0.39, 0.29) is 11.9 Å². The Hall–Kier alpha value is -1.03. The normalized spacial score (nSPS) is 21.9. The molecule has 3 nitrogen and oxygen atoms in total. The first-order valence-electron chi connectivity index (χ1n) is 7.77. The van der Waals surface area contributed by atoms with Crippen molar-refractivity contribution in [2.75, 3.05) is 13.7 Å². The van der Waals surface area contributed by atoms with Crippen molar-refractivity contribution in [1.29, 1.82) is 0 Å². The lowest BCUT2D eigenvalue weighted by Crippen LogP contribution is -2.44.